The summed E-state index contributed by atoms with van der Waals surface area (Å²) in [7, 11) is 0. The van der Waals surface area contributed by atoms with E-state index in [9.17, 15) is 13.6 Å². The van der Waals surface area contributed by atoms with Crippen LogP contribution in [-0.2, 0) is 11.2 Å². The van der Waals surface area contributed by atoms with Gasteiger partial charge >= 0.3 is 0 Å². The lowest BCUT2D eigenvalue weighted by Crippen LogP contribution is -2.14. The van der Waals surface area contributed by atoms with Gasteiger partial charge in [0.05, 0.1) is 18.0 Å². The summed E-state index contributed by atoms with van der Waals surface area (Å²) in [4.78, 5) is 17.3. The smallest absolute Gasteiger partial charge is 0.224 e. The van der Waals surface area contributed by atoms with Crippen LogP contribution in [0.5, 0.6) is 5.88 Å². The van der Waals surface area contributed by atoms with Gasteiger partial charge in [-0.1, -0.05) is 17.7 Å². The fourth-order valence-electron chi connectivity index (χ4n) is 3.98. The van der Waals surface area contributed by atoms with Gasteiger partial charge in [-0.3, -0.25) is 4.79 Å². The van der Waals surface area contributed by atoms with Crippen molar-refractivity contribution in [3.05, 3.63) is 76.5 Å². The van der Waals surface area contributed by atoms with Crippen molar-refractivity contribution in [1.82, 2.24) is 14.8 Å². The van der Waals surface area contributed by atoms with Crippen LogP contribution in [0.1, 0.15) is 35.7 Å². The average Bonchev–Trinajstić information content (AvgIpc) is 3.13. The zero-order valence-corrected chi connectivity index (χ0v) is 19.6. The summed E-state index contributed by atoms with van der Waals surface area (Å²) in [5.74, 6) is -1.83. The molecule has 0 unspecified atom stereocenters. The third kappa shape index (κ3) is 4.62. The number of amides is 1. The van der Waals surface area contributed by atoms with Crippen LogP contribution in [0.15, 0.2) is 42.5 Å². The van der Waals surface area contributed by atoms with Crippen molar-refractivity contribution >= 4 is 22.6 Å². The SMILES string of the molecule is CCOc1nc2c(c(C)nn2-c2ccc(C)cc2)c(C)c1CCC(=O)Nc1ccc(F)c(F)c1. The molecule has 6 nitrogen and oxygen atoms in total. The van der Waals surface area contributed by atoms with Crippen molar-refractivity contribution in [2.75, 3.05) is 11.9 Å². The molecular formula is C26H26F2N4O2. The molecular weight excluding hydrogens is 438 g/mol. The molecule has 0 aliphatic rings. The van der Waals surface area contributed by atoms with E-state index in [-0.39, 0.29) is 18.0 Å². The number of carbonyl (C=O) groups excluding carboxylic acids is 1. The lowest BCUT2D eigenvalue weighted by atomic mass is 10.0. The van der Waals surface area contributed by atoms with Gasteiger partial charge in [-0.2, -0.15) is 10.1 Å². The highest BCUT2D eigenvalue weighted by atomic mass is 19.2. The zero-order valence-electron chi connectivity index (χ0n) is 19.6. The molecule has 176 valence electrons. The van der Waals surface area contributed by atoms with Gasteiger partial charge < -0.3 is 10.1 Å². The van der Waals surface area contributed by atoms with Crippen LogP contribution >= 0.6 is 0 Å². The molecule has 1 N–H and O–H groups in total. The van der Waals surface area contributed by atoms with Crippen molar-refractivity contribution in [3.8, 4) is 11.6 Å². The zero-order chi connectivity index (χ0) is 24.4. The van der Waals surface area contributed by atoms with Gasteiger partial charge in [-0.15, -0.1) is 0 Å². The van der Waals surface area contributed by atoms with Crippen molar-refractivity contribution in [1.29, 1.82) is 0 Å². The second-order valence-electron chi connectivity index (χ2n) is 8.16. The molecule has 0 saturated carbocycles. The van der Waals surface area contributed by atoms with Crippen molar-refractivity contribution in [2.45, 2.75) is 40.5 Å². The minimum atomic E-state index is -1.01. The Balaban J connectivity index is 1.65. The Morgan fingerprint density at radius 1 is 1.06 bits per heavy atom. The van der Waals surface area contributed by atoms with Crippen LogP contribution in [0, 0.1) is 32.4 Å². The van der Waals surface area contributed by atoms with Gasteiger partial charge in [-0.25, -0.2) is 13.5 Å². The Bertz CT molecular complexity index is 1360. The maximum Gasteiger partial charge on any atom is 0.224 e. The number of hydrogen-bond acceptors (Lipinski definition) is 4. The Morgan fingerprint density at radius 3 is 2.47 bits per heavy atom. The van der Waals surface area contributed by atoms with Crippen LogP contribution in [0.2, 0.25) is 0 Å². The van der Waals surface area contributed by atoms with Crippen molar-refractivity contribution in [3.63, 3.8) is 0 Å². The van der Waals surface area contributed by atoms with Crippen molar-refractivity contribution in [2.24, 2.45) is 0 Å². The number of anilines is 1. The molecule has 0 aliphatic carbocycles. The van der Waals surface area contributed by atoms with Gasteiger partial charge in [0.25, 0.3) is 0 Å². The molecule has 8 heteroatoms. The van der Waals surface area contributed by atoms with Gasteiger partial charge in [0, 0.05) is 29.1 Å². The number of pyridine rings is 1. The molecule has 0 bridgehead atoms. The number of benzene rings is 2. The summed E-state index contributed by atoms with van der Waals surface area (Å²) in [5, 5.41) is 8.24. The van der Waals surface area contributed by atoms with Gasteiger partial charge in [0.1, 0.15) is 0 Å². The van der Waals surface area contributed by atoms with Crippen LogP contribution in [0.3, 0.4) is 0 Å². The first-order chi connectivity index (χ1) is 16.3. The maximum absolute atomic E-state index is 13.4. The Labute approximate surface area is 196 Å². The number of hydrogen-bond donors (Lipinski definition) is 1. The van der Waals surface area contributed by atoms with E-state index in [0.717, 1.165) is 45.6 Å². The van der Waals surface area contributed by atoms with Crippen LogP contribution in [-0.4, -0.2) is 27.3 Å². The summed E-state index contributed by atoms with van der Waals surface area (Å²) in [6.07, 6.45) is 0.493. The van der Waals surface area contributed by atoms with Gasteiger partial charge in [0.2, 0.25) is 11.8 Å². The molecule has 2 heterocycles. The summed E-state index contributed by atoms with van der Waals surface area (Å²) in [6.45, 7) is 8.23. The molecule has 2 aromatic heterocycles. The topological polar surface area (TPSA) is 69.0 Å². The number of nitrogens with one attached hydrogen (secondary N) is 1. The van der Waals surface area contributed by atoms with Crippen molar-refractivity contribution < 1.29 is 18.3 Å². The first-order valence-electron chi connectivity index (χ1n) is 11.1. The number of fused-ring (bicyclic) bond motifs is 1. The summed E-state index contributed by atoms with van der Waals surface area (Å²) in [6, 6.07) is 11.3. The highest BCUT2D eigenvalue weighted by Crippen LogP contribution is 2.32. The van der Waals surface area contributed by atoms with Gasteiger partial charge in [-0.05, 0) is 63.9 Å². The third-order valence-corrected chi connectivity index (χ3v) is 5.69. The van der Waals surface area contributed by atoms with E-state index in [1.807, 2.05) is 52.0 Å². The Hall–Kier alpha value is -3.81. The summed E-state index contributed by atoms with van der Waals surface area (Å²) in [5.41, 5.74) is 5.55. The number of carbonyl (C=O) groups is 1. The van der Waals surface area contributed by atoms with Crippen LogP contribution < -0.4 is 10.1 Å². The molecule has 0 radical (unpaired) electrons. The fourth-order valence-corrected chi connectivity index (χ4v) is 3.98. The Kier molecular flexibility index (Phi) is 6.58. The molecule has 1 amide bonds. The molecule has 0 fully saturated rings. The minimum absolute atomic E-state index is 0.123. The van der Waals surface area contributed by atoms with E-state index in [4.69, 9.17) is 14.8 Å². The fraction of sp³-hybridized carbons (Fsp3) is 0.269. The summed E-state index contributed by atoms with van der Waals surface area (Å²) < 4.78 is 34.2. The minimum Gasteiger partial charge on any atom is -0.478 e. The van der Waals surface area contributed by atoms with E-state index in [1.165, 1.54) is 6.07 Å². The lowest BCUT2D eigenvalue weighted by molar-refractivity contribution is -0.116. The van der Waals surface area contributed by atoms with Crippen LogP contribution in [0.4, 0.5) is 14.5 Å². The molecule has 0 atom stereocenters. The average molecular weight is 465 g/mol. The number of halogens is 2. The monoisotopic (exact) mass is 464 g/mol. The van der Waals surface area contributed by atoms with E-state index in [0.29, 0.717) is 24.6 Å². The third-order valence-electron chi connectivity index (χ3n) is 5.69. The molecule has 0 saturated heterocycles. The normalized spacial score (nSPS) is 11.1. The number of rotatable bonds is 7. The second kappa shape index (κ2) is 9.59. The van der Waals surface area contributed by atoms with E-state index in [1.54, 1.807) is 4.68 Å². The largest absolute Gasteiger partial charge is 0.478 e. The van der Waals surface area contributed by atoms with E-state index >= 15 is 0 Å². The molecule has 4 rings (SSSR count). The first-order valence-corrected chi connectivity index (χ1v) is 11.1. The van der Waals surface area contributed by atoms with E-state index in [2.05, 4.69) is 5.32 Å². The van der Waals surface area contributed by atoms with Gasteiger partial charge in [0.15, 0.2) is 17.3 Å². The number of ether oxygens (including phenoxy) is 1. The lowest BCUT2D eigenvalue weighted by Gasteiger charge is -2.14. The second-order valence-corrected chi connectivity index (χ2v) is 8.16. The summed E-state index contributed by atoms with van der Waals surface area (Å²) >= 11 is 0. The highest BCUT2D eigenvalue weighted by molar-refractivity contribution is 5.91. The maximum atomic E-state index is 13.4. The van der Waals surface area contributed by atoms with E-state index < -0.39 is 11.6 Å². The molecule has 0 spiro atoms. The number of aryl methyl sites for hydroxylation is 3. The molecule has 0 aliphatic heterocycles. The quantitative estimate of drug-likeness (QED) is 0.387. The number of aromatic nitrogens is 3. The predicted molar refractivity (Wildman–Crippen MR) is 128 cm³/mol. The molecule has 2 aromatic carbocycles. The number of nitrogens with zero attached hydrogens (tertiary/aromatic N) is 3. The highest BCUT2D eigenvalue weighted by Gasteiger charge is 2.21. The first kappa shape index (κ1) is 23.4. The predicted octanol–water partition coefficient (Wildman–Crippen LogP) is 5.59. The Morgan fingerprint density at radius 2 is 1.79 bits per heavy atom. The van der Waals surface area contributed by atoms with Crippen LogP contribution in [0.25, 0.3) is 16.7 Å². The molecule has 34 heavy (non-hydrogen) atoms. The standard InChI is InChI=1S/C26H26F2N4O2/c1-5-34-26-20(11-13-23(33)29-18-8-12-21(27)22(28)14-18)16(3)24-17(4)31-32(25(24)30-26)19-9-6-15(2)7-10-19/h6-10,12,14H,5,11,13H2,1-4H3,(H,29,33). The molecule has 4 aromatic rings.